The highest BCUT2D eigenvalue weighted by Gasteiger charge is 2.35. The van der Waals surface area contributed by atoms with E-state index in [0.717, 1.165) is 18.6 Å². The fourth-order valence-corrected chi connectivity index (χ4v) is 1.98. The lowest BCUT2D eigenvalue weighted by molar-refractivity contribution is -0.137. The fourth-order valence-electron chi connectivity index (χ4n) is 1.98. The number of rotatable bonds is 2. The minimum atomic E-state index is -4.67. The molecule has 0 bridgehead atoms. The van der Waals surface area contributed by atoms with Crippen LogP contribution in [0.2, 0.25) is 0 Å². The van der Waals surface area contributed by atoms with Crippen LogP contribution in [0.5, 0.6) is 0 Å². The highest BCUT2D eigenvalue weighted by atomic mass is 19.4. The number of amides is 3. The third kappa shape index (κ3) is 3.97. The zero-order chi connectivity index (χ0) is 16.2. The zero-order valence-corrected chi connectivity index (χ0v) is 11.4. The van der Waals surface area contributed by atoms with Crippen LogP contribution in [0.25, 0.3) is 0 Å². The summed E-state index contributed by atoms with van der Waals surface area (Å²) < 4.78 is 38.5. The van der Waals surface area contributed by atoms with E-state index in [9.17, 15) is 22.8 Å². The predicted octanol–water partition coefficient (Wildman–Crippen LogP) is 3.03. The van der Waals surface area contributed by atoms with Crippen LogP contribution in [0.15, 0.2) is 48.6 Å². The molecule has 0 unspecified atom stereocenters. The van der Waals surface area contributed by atoms with Crippen LogP contribution in [0, 0.1) is 0 Å². The molecule has 1 aromatic carbocycles. The van der Waals surface area contributed by atoms with Crippen molar-refractivity contribution in [3.8, 4) is 0 Å². The first kappa shape index (κ1) is 15.8. The summed E-state index contributed by atoms with van der Waals surface area (Å²) >= 11 is 0. The summed E-state index contributed by atoms with van der Waals surface area (Å²) in [5.41, 5.74) is -1.68. The molecule has 4 nitrogen and oxygen atoms in total. The molecule has 7 heteroatoms. The van der Waals surface area contributed by atoms with E-state index < -0.39 is 29.2 Å². The number of alkyl halides is 3. The summed E-state index contributed by atoms with van der Waals surface area (Å²) in [5.74, 6) is -1.10. The summed E-state index contributed by atoms with van der Waals surface area (Å²) in [5, 5.41) is 4.35. The number of halogens is 3. The van der Waals surface area contributed by atoms with Crippen molar-refractivity contribution >= 4 is 11.9 Å². The number of carbonyl (C=O) groups excluding carboxylic acids is 2. The molecule has 1 aromatic rings. The second-order valence-corrected chi connectivity index (χ2v) is 4.59. The van der Waals surface area contributed by atoms with Crippen LogP contribution >= 0.6 is 0 Å². The summed E-state index contributed by atoms with van der Waals surface area (Å²) in [6.07, 6.45) is 3.16. The molecule has 0 aliphatic heterocycles. The Kier molecular flexibility index (Phi) is 4.65. The SMILES string of the molecule is O=C(NC(=O)c1ccccc1C(F)(F)F)NC1C=CCC=C1. The number of hydrogen-bond donors (Lipinski definition) is 2. The van der Waals surface area contributed by atoms with E-state index in [1.165, 1.54) is 12.1 Å². The van der Waals surface area contributed by atoms with Gasteiger partial charge in [-0.05, 0) is 18.6 Å². The normalized spacial score (nSPS) is 14.7. The molecule has 0 saturated carbocycles. The smallest absolute Gasteiger partial charge is 0.328 e. The molecule has 2 rings (SSSR count). The molecule has 0 spiro atoms. The topological polar surface area (TPSA) is 58.2 Å². The lowest BCUT2D eigenvalue weighted by Gasteiger charge is -2.15. The standard InChI is InChI=1S/C15H13F3N2O2/c16-15(17,18)12-9-5-4-8-11(12)13(21)20-14(22)19-10-6-2-1-3-7-10/h2-10H,1H2,(H2,19,20,21,22). The second kappa shape index (κ2) is 6.46. The summed E-state index contributed by atoms with van der Waals surface area (Å²) in [4.78, 5) is 23.5. The number of allylic oxidation sites excluding steroid dienone is 2. The largest absolute Gasteiger partial charge is 0.417 e. The molecule has 116 valence electrons. The van der Waals surface area contributed by atoms with Gasteiger partial charge in [0.1, 0.15) is 0 Å². The van der Waals surface area contributed by atoms with Crippen molar-refractivity contribution < 1.29 is 22.8 Å². The molecule has 2 N–H and O–H groups in total. The highest BCUT2D eigenvalue weighted by Crippen LogP contribution is 2.31. The van der Waals surface area contributed by atoms with Gasteiger partial charge in [0, 0.05) is 0 Å². The average Bonchev–Trinajstić information content (AvgIpc) is 2.47. The molecule has 1 aliphatic rings. The molecule has 0 atom stereocenters. The van der Waals surface area contributed by atoms with Crippen molar-refractivity contribution in [1.29, 1.82) is 0 Å². The van der Waals surface area contributed by atoms with Gasteiger partial charge in [-0.3, -0.25) is 10.1 Å². The van der Waals surface area contributed by atoms with Crippen molar-refractivity contribution in [2.24, 2.45) is 0 Å². The Hall–Kier alpha value is -2.57. The van der Waals surface area contributed by atoms with Gasteiger partial charge < -0.3 is 5.32 Å². The van der Waals surface area contributed by atoms with Crippen molar-refractivity contribution in [2.45, 2.75) is 18.6 Å². The van der Waals surface area contributed by atoms with Gasteiger partial charge in [-0.15, -0.1) is 0 Å². The van der Waals surface area contributed by atoms with Gasteiger partial charge in [-0.25, -0.2) is 4.79 Å². The maximum Gasteiger partial charge on any atom is 0.417 e. The molecule has 1 aliphatic carbocycles. The van der Waals surface area contributed by atoms with E-state index in [2.05, 4.69) is 5.32 Å². The zero-order valence-electron chi connectivity index (χ0n) is 11.4. The lowest BCUT2D eigenvalue weighted by Crippen LogP contribution is -2.43. The Balaban J connectivity index is 2.06. The molecule has 0 fully saturated rings. The van der Waals surface area contributed by atoms with Crippen molar-refractivity contribution in [3.63, 3.8) is 0 Å². The van der Waals surface area contributed by atoms with E-state index in [1.807, 2.05) is 17.5 Å². The summed E-state index contributed by atoms with van der Waals surface area (Å²) in [6, 6.07) is 3.04. The second-order valence-electron chi connectivity index (χ2n) is 4.59. The molecule has 0 heterocycles. The van der Waals surface area contributed by atoms with E-state index >= 15 is 0 Å². The van der Waals surface area contributed by atoms with Crippen LogP contribution < -0.4 is 10.6 Å². The fraction of sp³-hybridized carbons (Fsp3) is 0.200. The third-order valence-electron chi connectivity index (χ3n) is 2.96. The van der Waals surface area contributed by atoms with Gasteiger partial charge in [0.2, 0.25) is 0 Å². The van der Waals surface area contributed by atoms with Crippen LogP contribution in [0.1, 0.15) is 22.3 Å². The van der Waals surface area contributed by atoms with Crippen molar-refractivity contribution in [1.82, 2.24) is 10.6 Å². The Morgan fingerprint density at radius 3 is 2.36 bits per heavy atom. The van der Waals surface area contributed by atoms with Crippen LogP contribution in [-0.2, 0) is 6.18 Å². The molecule has 22 heavy (non-hydrogen) atoms. The van der Waals surface area contributed by atoms with Crippen molar-refractivity contribution in [3.05, 3.63) is 59.7 Å². The number of imide groups is 1. The number of hydrogen-bond acceptors (Lipinski definition) is 2. The van der Waals surface area contributed by atoms with Crippen molar-refractivity contribution in [2.75, 3.05) is 0 Å². The number of nitrogens with one attached hydrogen (secondary N) is 2. The van der Waals surface area contributed by atoms with Crippen LogP contribution in [-0.4, -0.2) is 18.0 Å². The first-order valence-electron chi connectivity index (χ1n) is 6.49. The maximum atomic E-state index is 12.8. The predicted molar refractivity (Wildman–Crippen MR) is 74.1 cm³/mol. The van der Waals surface area contributed by atoms with Gasteiger partial charge in [0.25, 0.3) is 5.91 Å². The Labute approximate surface area is 124 Å². The van der Waals surface area contributed by atoms with E-state index in [4.69, 9.17) is 0 Å². The minimum Gasteiger partial charge on any atom is -0.328 e. The molecule has 0 radical (unpaired) electrons. The van der Waals surface area contributed by atoms with Crippen LogP contribution in [0.3, 0.4) is 0 Å². The maximum absolute atomic E-state index is 12.8. The highest BCUT2D eigenvalue weighted by molar-refractivity contribution is 6.05. The molecular formula is C15H13F3N2O2. The Bertz CT molecular complexity index is 624. The van der Waals surface area contributed by atoms with E-state index in [0.29, 0.717) is 0 Å². The molecule has 0 aromatic heterocycles. The number of benzene rings is 1. The minimum absolute atomic E-state index is 0.389. The Morgan fingerprint density at radius 2 is 1.73 bits per heavy atom. The van der Waals surface area contributed by atoms with E-state index in [1.54, 1.807) is 12.2 Å². The third-order valence-corrected chi connectivity index (χ3v) is 2.96. The molecule has 0 saturated heterocycles. The summed E-state index contributed by atoms with van der Waals surface area (Å²) in [7, 11) is 0. The first-order chi connectivity index (χ1) is 10.4. The molecular weight excluding hydrogens is 297 g/mol. The van der Waals surface area contributed by atoms with Gasteiger partial charge in [-0.2, -0.15) is 13.2 Å². The van der Waals surface area contributed by atoms with Gasteiger partial charge >= 0.3 is 12.2 Å². The van der Waals surface area contributed by atoms with Gasteiger partial charge in [0.05, 0.1) is 17.2 Å². The first-order valence-corrected chi connectivity index (χ1v) is 6.49. The van der Waals surface area contributed by atoms with Crippen LogP contribution in [0.4, 0.5) is 18.0 Å². The van der Waals surface area contributed by atoms with E-state index in [-0.39, 0.29) is 6.04 Å². The monoisotopic (exact) mass is 310 g/mol. The average molecular weight is 310 g/mol. The molecule has 3 amide bonds. The number of carbonyl (C=O) groups is 2. The van der Waals surface area contributed by atoms with Gasteiger partial charge in [0.15, 0.2) is 0 Å². The van der Waals surface area contributed by atoms with Gasteiger partial charge in [-0.1, -0.05) is 36.4 Å². The number of urea groups is 1. The quantitative estimate of drug-likeness (QED) is 0.825. The summed E-state index contributed by atoms with van der Waals surface area (Å²) in [6.45, 7) is 0. The Morgan fingerprint density at radius 1 is 1.09 bits per heavy atom. The lowest BCUT2D eigenvalue weighted by atomic mass is 10.1.